The quantitative estimate of drug-likeness (QED) is 0.434. The lowest BCUT2D eigenvalue weighted by Gasteiger charge is -2.15. The number of nitrogens with two attached hydrogens (primary N) is 1. The molecule has 0 atom stereocenters. The van der Waals surface area contributed by atoms with Crippen LogP contribution in [0.4, 0.5) is 11.4 Å². The molecule has 0 spiro atoms. The number of benzene rings is 2. The number of phenols is 1. The number of anilines is 1. The number of ketones is 1. The third-order valence-corrected chi connectivity index (χ3v) is 4.36. The van der Waals surface area contributed by atoms with E-state index in [2.05, 4.69) is 4.99 Å². The first-order valence-electron chi connectivity index (χ1n) is 6.78. The highest BCUT2D eigenvalue weighted by Crippen LogP contribution is 2.32. The van der Waals surface area contributed by atoms with E-state index in [0.717, 1.165) is 0 Å². The van der Waals surface area contributed by atoms with Gasteiger partial charge in [-0.3, -0.25) is 9.35 Å². The van der Waals surface area contributed by atoms with Gasteiger partial charge in [0.1, 0.15) is 5.75 Å². The fourth-order valence-corrected chi connectivity index (χ4v) is 2.86. The van der Waals surface area contributed by atoms with Gasteiger partial charge in [-0.25, -0.2) is 4.99 Å². The van der Waals surface area contributed by atoms with Crippen molar-refractivity contribution in [1.29, 1.82) is 0 Å². The molecule has 0 heterocycles. The first-order valence-corrected chi connectivity index (χ1v) is 8.22. The fourth-order valence-electron chi connectivity index (χ4n) is 2.38. The Morgan fingerprint density at radius 2 is 1.62 bits per heavy atom. The SMILES string of the molecule is Nc1ccc(O)c2c1C(=O)C=CC2=Nc1ccc(S(=O)(=O)O)cc1. The van der Waals surface area contributed by atoms with Crippen LogP contribution in [0.5, 0.6) is 5.75 Å². The zero-order valence-electron chi connectivity index (χ0n) is 12.2. The van der Waals surface area contributed by atoms with Crippen molar-refractivity contribution < 1.29 is 22.9 Å². The minimum atomic E-state index is -4.28. The Morgan fingerprint density at radius 1 is 0.958 bits per heavy atom. The van der Waals surface area contributed by atoms with Crippen LogP contribution in [0.1, 0.15) is 15.9 Å². The van der Waals surface area contributed by atoms with E-state index in [9.17, 15) is 18.3 Å². The highest BCUT2D eigenvalue weighted by molar-refractivity contribution is 7.85. The summed E-state index contributed by atoms with van der Waals surface area (Å²) in [6.45, 7) is 0. The molecule has 0 saturated carbocycles. The second kappa shape index (κ2) is 5.59. The predicted molar refractivity (Wildman–Crippen MR) is 88.4 cm³/mol. The van der Waals surface area contributed by atoms with Crippen molar-refractivity contribution in [2.75, 3.05) is 5.73 Å². The van der Waals surface area contributed by atoms with Crippen LogP contribution < -0.4 is 5.73 Å². The molecule has 0 fully saturated rings. The Morgan fingerprint density at radius 3 is 2.25 bits per heavy atom. The maximum absolute atomic E-state index is 12.0. The van der Waals surface area contributed by atoms with Crippen molar-refractivity contribution in [2.24, 2.45) is 4.99 Å². The molecule has 1 aliphatic rings. The number of nitrogens with zero attached hydrogens (tertiary/aromatic N) is 1. The molecule has 0 aromatic heterocycles. The topological polar surface area (TPSA) is 130 Å². The number of nitrogen functional groups attached to an aromatic ring is 1. The molecule has 8 heteroatoms. The summed E-state index contributed by atoms with van der Waals surface area (Å²) in [6, 6.07) is 7.99. The van der Waals surface area contributed by atoms with E-state index in [0.29, 0.717) is 11.4 Å². The molecule has 122 valence electrons. The number of aromatic hydroxyl groups is 1. The van der Waals surface area contributed by atoms with Crippen molar-refractivity contribution in [3.63, 3.8) is 0 Å². The number of aliphatic imine (C=N–C) groups is 1. The van der Waals surface area contributed by atoms with E-state index in [1.807, 2.05) is 0 Å². The standard InChI is InChI=1S/C16H12N2O5S/c17-11-5-7-14(20)16-12(6-8-13(19)15(11)16)18-9-1-3-10(4-2-9)24(21,22)23/h1-8,20H,17H2,(H,21,22,23). The summed E-state index contributed by atoms with van der Waals surface area (Å²) < 4.78 is 31.0. The lowest BCUT2D eigenvalue weighted by atomic mass is 9.92. The lowest BCUT2D eigenvalue weighted by molar-refractivity contribution is 0.104. The van der Waals surface area contributed by atoms with E-state index in [4.69, 9.17) is 10.3 Å². The van der Waals surface area contributed by atoms with Crippen molar-refractivity contribution in [1.82, 2.24) is 0 Å². The number of carbonyl (C=O) groups excluding carboxylic acids is 1. The molecule has 0 amide bonds. The number of rotatable bonds is 2. The predicted octanol–water partition coefficient (Wildman–Crippen LogP) is 2.09. The van der Waals surface area contributed by atoms with Gasteiger partial charge in [-0.05, 0) is 48.6 Å². The Kier molecular flexibility index (Phi) is 3.70. The summed E-state index contributed by atoms with van der Waals surface area (Å²) in [5.41, 5.74) is 7.13. The Labute approximate surface area is 137 Å². The summed E-state index contributed by atoms with van der Waals surface area (Å²) in [5.74, 6) is -0.468. The number of allylic oxidation sites excluding steroid dienone is 2. The van der Waals surface area contributed by atoms with Gasteiger partial charge in [-0.2, -0.15) is 8.42 Å². The molecule has 3 rings (SSSR count). The van der Waals surface area contributed by atoms with Gasteiger partial charge >= 0.3 is 0 Å². The zero-order chi connectivity index (χ0) is 17.5. The molecule has 1 aliphatic carbocycles. The van der Waals surface area contributed by atoms with Crippen molar-refractivity contribution in [3.8, 4) is 5.75 Å². The van der Waals surface area contributed by atoms with Crippen molar-refractivity contribution in [3.05, 3.63) is 59.7 Å². The zero-order valence-corrected chi connectivity index (χ0v) is 13.0. The van der Waals surface area contributed by atoms with E-state index in [1.54, 1.807) is 0 Å². The first kappa shape index (κ1) is 15.9. The minimum absolute atomic E-state index is 0.134. The summed E-state index contributed by atoms with van der Waals surface area (Å²) >= 11 is 0. The summed E-state index contributed by atoms with van der Waals surface area (Å²) in [7, 11) is -4.28. The molecule has 7 nitrogen and oxygen atoms in total. The normalized spacial score (nSPS) is 15.5. The molecule has 0 unspecified atom stereocenters. The van der Waals surface area contributed by atoms with Crippen LogP contribution in [0, 0.1) is 0 Å². The van der Waals surface area contributed by atoms with Gasteiger partial charge in [-0.1, -0.05) is 0 Å². The Balaban J connectivity index is 2.11. The molecule has 2 aromatic carbocycles. The van der Waals surface area contributed by atoms with Gasteiger partial charge < -0.3 is 10.8 Å². The van der Waals surface area contributed by atoms with Crippen molar-refractivity contribution >= 4 is 33.0 Å². The van der Waals surface area contributed by atoms with Gasteiger partial charge in [0, 0.05) is 5.69 Å². The van der Waals surface area contributed by atoms with Crippen LogP contribution in [0.2, 0.25) is 0 Å². The van der Waals surface area contributed by atoms with Gasteiger partial charge in [-0.15, -0.1) is 0 Å². The molecular weight excluding hydrogens is 332 g/mol. The van der Waals surface area contributed by atoms with Crippen LogP contribution in [-0.2, 0) is 10.1 Å². The van der Waals surface area contributed by atoms with Crippen molar-refractivity contribution in [2.45, 2.75) is 4.90 Å². The molecular formula is C16H12N2O5S. The number of hydrogen-bond donors (Lipinski definition) is 3. The molecule has 2 aromatic rings. The fraction of sp³-hybridized carbons (Fsp3) is 0. The van der Waals surface area contributed by atoms with E-state index in [-0.39, 0.29) is 33.2 Å². The third-order valence-electron chi connectivity index (χ3n) is 3.49. The second-order valence-corrected chi connectivity index (χ2v) is 6.51. The first-order chi connectivity index (χ1) is 11.3. The average Bonchev–Trinajstić information content (AvgIpc) is 2.52. The van der Waals surface area contributed by atoms with Crippen LogP contribution in [-0.4, -0.2) is 29.6 Å². The van der Waals surface area contributed by atoms with Crippen LogP contribution in [0.15, 0.2) is 58.4 Å². The third kappa shape index (κ3) is 2.80. The van der Waals surface area contributed by atoms with Gasteiger partial charge in [0.05, 0.1) is 27.4 Å². The van der Waals surface area contributed by atoms with Gasteiger partial charge in [0.25, 0.3) is 10.1 Å². The smallest absolute Gasteiger partial charge is 0.294 e. The number of carbonyl (C=O) groups is 1. The highest BCUT2D eigenvalue weighted by atomic mass is 32.2. The average molecular weight is 344 g/mol. The largest absolute Gasteiger partial charge is 0.507 e. The van der Waals surface area contributed by atoms with Crippen LogP contribution >= 0.6 is 0 Å². The number of hydrogen-bond acceptors (Lipinski definition) is 6. The summed E-state index contributed by atoms with van der Waals surface area (Å²) in [6.07, 6.45) is 2.74. The van der Waals surface area contributed by atoms with E-state index >= 15 is 0 Å². The maximum Gasteiger partial charge on any atom is 0.294 e. The minimum Gasteiger partial charge on any atom is -0.507 e. The monoisotopic (exact) mass is 344 g/mol. The molecule has 0 aliphatic heterocycles. The number of fused-ring (bicyclic) bond motifs is 1. The Hall–Kier alpha value is -2.97. The van der Waals surface area contributed by atoms with Crippen LogP contribution in [0.3, 0.4) is 0 Å². The van der Waals surface area contributed by atoms with Gasteiger partial charge in [0.15, 0.2) is 5.78 Å². The molecule has 0 bridgehead atoms. The Bertz CT molecular complexity index is 1010. The molecule has 4 N–H and O–H groups in total. The summed E-state index contributed by atoms with van der Waals surface area (Å²) in [5, 5.41) is 10.1. The van der Waals surface area contributed by atoms with E-state index in [1.165, 1.54) is 48.6 Å². The van der Waals surface area contributed by atoms with Gasteiger partial charge in [0.2, 0.25) is 0 Å². The maximum atomic E-state index is 12.0. The lowest BCUT2D eigenvalue weighted by Crippen LogP contribution is -2.15. The molecule has 0 radical (unpaired) electrons. The molecule has 24 heavy (non-hydrogen) atoms. The second-order valence-electron chi connectivity index (χ2n) is 5.09. The van der Waals surface area contributed by atoms with E-state index < -0.39 is 10.1 Å². The highest BCUT2D eigenvalue weighted by Gasteiger charge is 2.23. The summed E-state index contributed by atoms with van der Waals surface area (Å²) in [4.78, 5) is 16.0. The molecule has 0 saturated heterocycles. The van der Waals surface area contributed by atoms with Crippen LogP contribution in [0.25, 0.3) is 0 Å². The number of phenolic OH excluding ortho intramolecular Hbond substituents is 1.